The van der Waals surface area contributed by atoms with Gasteiger partial charge < -0.3 is 10.1 Å². The molecule has 210 valence electrons. The van der Waals surface area contributed by atoms with Crippen molar-refractivity contribution in [3.05, 3.63) is 186 Å². The van der Waals surface area contributed by atoms with Crippen molar-refractivity contribution in [1.29, 1.82) is 0 Å². The monoisotopic (exact) mass is 565 g/mol. The van der Waals surface area contributed by atoms with E-state index >= 15 is 0 Å². The van der Waals surface area contributed by atoms with Gasteiger partial charge in [-0.2, -0.15) is 0 Å². The predicted octanol–water partition coefficient (Wildman–Crippen LogP) is 10.6. The standard InChI is InChI=1S/C42H31NO/c1-44-37-21-11-20-36(28-37)43-35-19-10-14-29(24-35)32-22-23-38-39-25-30-12-8-9-13-31(30)26-41(39)42(40(38)27-32,33-15-4-2-5-16-33)34-17-6-3-7-18-34/h2-28,43H,1H3. The summed E-state index contributed by atoms with van der Waals surface area (Å²) >= 11 is 0. The van der Waals surface area contributed by atoms with Gasteiger partial charge >= 0.3 is 0 Å². The molecule has 0 aromatic heterocycles. The highest BCUT2D eigenvalue weighted by molar-refractivity contribution is 5.96. The molecule has 0 atom stereocenters. The zero-order valence-electron chi connectivity index (χ0n) is 24.5. The van der Waals surface area contributed by atoms with E-state index in [4.69, 9.17) is 4.74 Å². The zero-order valence-corrected chi connectivity index (χ0v) is 24.5. The van der Waals surface area contributed by atoms with E-state index in [9.17, 15) is 0 Å². The maximum atomic E-state index is 5.43. The molecule has 0 saturated heterocycles. The molecule has 7 aromatic carbocycles. The number of ether oxygens (including phenoxy) is 1. The normalized spacial score (nSPS) is 12.8. The highest BCUT2D eigenvalue weighted by Gasteiger charge is 2.46. The lowest BCUT2D eigenvalue weighted by Crippen LogP contribution is -2.28. The molecule has 2 heteroatoms. The van der Waals surface area contributed by atoms with Crippen LogP contribution < -0.4 is 10.1 Å². The number of anilines is 2. The van der Waals surface area contributed by atoms with Crippen molar-refractivity contribution < 1.29 is 4.74 Å². The van der Waals surface area contributed by atoms with Gasteiger partial charge in [0.15, 0.2) is 0 Å². The highest BCUT2D eigenvalue weighted by Crippen LogP contribution is 2.57. The molecule has 0 unspecified atom stereocenters. The van der Waals surface area contributed by atoms with Crippen LogP contribution in [0.2, 0.25) is 0 Å². The predicted molar refractivity (Wildman–Crippen MR) is 183 cm³/mol. The Labute approximate surface area is 258 Å². The number of benzene rings is 7. The lowest BCUT2D eigenvalue weighted by molar-refractivity contribution is 0.415. The third-order valence-electron chi connectivity index (χ3n) is 8.97. The van der Waals surface area contributed by atoms with Gasteiger partial charge in [-0.1, -0.05) is 115 Å². The lowest BCUT2D eigenvalue weighted by Gasteiger charge is -2.34. The number of hydrogen-bond donors (Lipinski definition) is 1. The Morgan fingerprint density at radius 1 is 0.455 bits per heavy atom. The van der Waals surface area contributed by atoms with E-state index in [0.29, 0.717) is 0 Å². The third-order valence-corrected chi connectivity index (χ3v) is 8.97. The van der Waals surface area contributed by atoms with E-state index in [1.54, 1.807) is 7.11 Å². The Hall–Kier alpha value is -5.60. The first-order valence-corrected chi connectivity index (χ1v) is 15.0. The van der Waals surface area contributed by atoms with Crippen LogP contribution in [0.25, 0.3) is 33.0 Å². The molecule has 44 heavy (non-hydrogen) atoms. The van der Waals surface area contributed by atoms with Gasteiger partial charge in [-0.25, -0.2) is 0 Å². The maximum absolute atomic E-state index is 5.43. The summed E-state index contributed by atoms with van der Waals surface area (Å²) in [4.78, 5) is 0. The van der Waals surface area contributed by atoms with Crippen molar-refractivity contribution >= 4 is 22.1 Å². The second-order valence-electron chi connectivity index (χ2n) is 11.4. The number of nitrogens with one attached hydrogen (secondary N) is 1. The fourth-order valence-corrected chi connectivity index (χ4v) is 7.00. The maximum Gasteiger partial charge on any atom is 0.120 e. The molecule has 0 saturated carbocycles. The fraction of sp³-hybridized carbons (Fsp3) is 0.0476. The summed E-state index contributed by atoms with van der Waals surface area (Å²) < 4.78 is 5.43. The molecule has 0 bridgehead atoms. The van der Waals surface area contributed by atoms with Crippen LogP contribution in [0.5, 0.6) is 5.75 Å². The van der Waals surface area contributed by atoms with Crippen LogP contribution >= 0.6 is 0 Å². The summed E-state index contributed by atoms with van der Waals surface area (Å²) in [5, 5.41) is 6.08. The highest BCUT2D eigenvalue weighted by atomic mass is 16.5. The van der Waals surface area contributed by atoms with E-state index in [1.807, 2.05) is 18.2 Å². The van der Waals surface area contributed by atoms with Crippen LogP contribution in [0.1, 0.15) is 22.3 Å². The average Bonchev–Trinajstić information content (AvgIpc) is 3.37. The molecule has 0 fully saturated rings. The van der Waals surface area contributed by atoms with Gasteiger partial charge in [-0.3, -0.25) is 0 Å². The molecule has 1 N–H and O–H groups in total. The minimum atomic E-state index is -0.455. The smallest absolute Gasteiger partial charge is 0.120 e. The van der Waals surface area contributed by atoms with Crippen LogP contribution in [0.15, 0.2) is 164 Å². The molecule has 0 spiro atoms. The van der Waals surface area contributed by atoms with Crippen LogP contribution in [0.3, 0.4) is 0 Å². The second-order valence-corrected chi connectivity index (χ2v) is 11.4. The van der Waals surface area contributed by atoms with Gasteiger partial charge in [-0.15, -0.1) is 0 Å². The van der Waals surface area contributed by atoms with Crippen molar-refractivity contribution in [2.75, 3.05) is 12.4 Å². The number of methoxy groups -OCH3 is 1. The van der Waals surface area contributed by atoms with E-state index in [2.05, 4.69) is 151 Å². The Bertz CT molecular complexity index is 2090. The molecule has 0 radical (unpaired) electrons. The Morgan fingerprint density at radius 2 is 1.05 bits per heavy atom. The molecule has 1 aliphatic rings. The van der Waals surface area contributed by atoms with Gasteiger partial charge in [0.2, 0.25) is 0 Å². The third kappa shape index (κ3) is 4.19. The first-order chi connectivity index (χ1) is 21.7. The summed E-state index contributed by atoms with van der Waals surface area (Å²) in [5.41, 5.74) is 11.7. The van der Waals surface area contributed by atoms with E-state index in [1.165, 1.54) is 49.7 Å². The molecule has 8 rings (SSSR count). The van der Waals surface area contributed by atoms with Gasteiger partial charge in [0.1, 0.15) is 5.75 Å². The summed E-state index contributed by atoms with van der Waals surface area (Å²) in [6, 6.07) is 59.2. The van der Waals surface area contributed by atoms with E-state index in [0.717, 1.165) is 22.7 Å². The van der Waals surface area contributed by atoms with Crippen LogP contribution in [0, 0.1) is 0 Å². The first kappa shape index (κ1) is 26.1. The van der Waals surface area contributed by atoms with Crippen molar-refractivity contribution in [2.45, 2.75) is 5.41 Å². The molecular weight excluding hydrogens is 534 g/mol. The lowest BCUT2D eigenvalue weighted by atomic mass is 9.67. The quantitative estimate of drug-likeness (QED) is 0.217. The zero-order chi connectivity index (χ0) is 29.5. The number of hydrogen-bond acceptors (Lipinski definition) is 2. The van der Waals surface area contributed by atoms with E-state index in [-0.39, 0.29) is 0 Å². The largest absolute Gasteiger partial charge is 0.497 e. The van der Waals surface area contributed by atoms with Crippen molar-refractivity contribution in [3.8, 4) is 28.0 Å². The molecule has 0 aliphatic heterocycles. The van der Waals surface area contributed by atoms with Gasteiger partial charge in [0.25, 0.3) is 0 Å². The first-order valence-electron chi connectivity index (χ1n) is 15.0. The minimum Gasteiger partial charge on any atom is -0.497 e. The van der Waals surface area contributed by atoms with Gasteiger partial charge in [0.05, 0.1) is 12.5 Å². The summed E-state index contributed by atoms with van der Waals surface area (Å²) in [6.07, 6.45) is 0. The SMILES string of the molecule is COc1cccc(Nc2cccc(-c3ccc4c(c3)C(c3ccccc3)(c3ccccc3)c3cc5ccccc5cc3-4)c2)c1. The van der Waals surface area contributed by atoms with Crippen LogP contribution in [0.4, 0.5) is 11.4 Å². The molecule has 0 amide bonds. The summed E-state index contributed by atoms with van der Waals surface area (Å²) in [5.74, 6) is 0.829. The number of fused-ring (bicyclic) bond motifs is 4. The molecule has 0 heterocycles. The van der Waals surface area contributed by atoms with Crippen LogP contribution in [-0.2, 0) is 5.41 Å². The molecule has 1 aliphatic carbocycles. The summed E-state index contributed by atoms with van der Waals surface area (Å²) in [6.45, 7) is 0. The molecule has 7 aromatic rings. The van der Waals surface area contributed by atoms with Gasteiger partial charge in [0, 0.05) is 17.4 Å². The van der Waals surface area contributed by atoms with Gasteiger partial charge in [-0.05, 0) is 97.7 Å². The average molecular weight is 566 g/mol. The van der Waals surface area contributed by atoms with Crippen molar-refractivity contribution in [2.24, 2.45) is 0 Å². The Kier molecular flexibility index (Phi) is 6.27. The molecule has 2 nitrogen and oxygen atoms in total. The topological polar surface area (TPSA) is 21.3 Å². The minimum absolute atomic E-state index is 0.455. The fourth-order valence-electron chi connectivity index (χ4n) is 7.00. The number of rotatable bonds is 6. The van der Waals surface area contributed by atoms with E-state index < -0.39 is 5.41 Å². The van der Waals surface area contributed by atoms with Crippen molar-refractivity contribution in [1.82, 2.24) is 0 Å². The Morgan fingerprint density at radius 3 is 1.75 bits per heavy atom. The Balaban J connectivity index is 1.35. The second kappa shape index (κ2) is 10.6. The molecular formula is C42H31NO. The van der Waals surface area contributed by atoms with Crippen molar-refractivity contribution in [3.63, 3.8) is 0 Å². The summed E-state index contributed by atoms with van der Waals surface area (Å²) in [7, 11) is 1.69. The van der Waals surface area contributed by atoms with Crippen LogP contribution in [-0.4, -0.2) is 7.11 Å².